The maximum absolute atomic E-state index is 12.7. The summed E-state index contributed by atoms with van der Waals surface area (Å²) in [6.07, 6.45) is -2.96. The van der Waals surface area contributed by atoms with Crippen molar-refractivity contribution in [3.63, 3.8) is 0 Å². The molecule has 0 atom stereocenters. The quantitative estimate of drug-likeness (QED) is 0.820. The van der Waals surface area contributed by atoms with Gasteiger partial charge in [-0.2, -0.15) is 13.2 Å². The van der Waals surface area contributed by atoms with E-state index < -0.39 is 18.9 Å². The molecule has 2 aromatic rings. The summed E-state index contributed by atoms with van der Waals surface area (Å²) < 4.78 is 42.9. The minimum Gasteiger partial charge on any atom is -0.427 e. The number of oxime groups is 1. The van der Waals surface area contributed by atoms with Crippen LogP contribution in [-0.2, 0) is 10.9 Å². The zero-order chi connectivity index (χ0) is 15.0. The molecule has 1 aliphatic rings. The molecular formula is C14H9BF3NO2. The summed E-state index contributed by atoms with van der Waals surface area (Å²) in [5.74, 6) is 0. The van der Waals surface area contributed by atoms with E-state index in [1.165, 1.54) is 12.3 Å². The zero-order valence-corrected chi connectivity index (χ0v) is 10.6. The van der Waals surface area contributed by atoms with Crippen LogP contribution in [0.4, 0.5) is 13.2 Å². The Kier molecular flexibility index (Phi) is 3.21. The van der Waals surface area contributed by atoms with Crippen molar-refractivity contribution in [1.29, 1.82) is 0 Å². The Labute approximate surface area is 118 Å². The Morgan fingerprint density at radius 2 is 1.81 bits per heavy atom. The lowest BCUT2D eigenvalue weighted by molar-refractivity contribution is -0.137. The van der Waals surface area contributed by atoms with E-state index in [1.807, 2.05) is 0 Å². The average Bonchev–Trinajstić information content (AvgIpc) is 2.46. The summed E-state index contributed by atoms with van der Waals surface area (Å²) in [6.45, 7) is 0. The molecule has 2 aromatic carbocycles. The lowest BCUT2D eigenvalue weighted by atomic mass is 9.75. The highest BCUT2D eigenvalue weighted by molar-refractivity contribution is 6.62. The van der Waals surface area contributed by atoms with Crippen molar-refractivity contribution in [2.24, 2.45) is 5.16 Å². The molecule has 0 aliphatic carbocycles. The molecule has 0 spiro atoms. The second-order valence-electron chi connectivity index (χ2n) is 4.61. The molecule has 1 N–H and O–H groups in total. The summed E-state index contributed by atoms with van der Waals surface area (Å²) in [5, 5.41) is 13.1. The second-order valence-corrected chi connectivity index (χ2v) is 4.61. The minimum absolute atomic E-state index is 0.446. The molecule has 3 rings (SSSR count). The van der Waals surface area contributed by atoms with Crippen LogP contribution in [0.15, 0.2) is 47.6 Å². The molecule has 1 aliphatic heterocycles. The lowest BCUT2D eigenvalue weighted by Gasteiger charge is -2.14. The Bertz CT molecular complexity index is 716. The number of benzene rings is 2. The SMILES string of the molecule is OB1ON=Cc2cc(-c3cccc(C(F)(F)F)c3)ccc21. The lowest BCUT2D eigenvalue weighted by Crippen LogP contribution is -2.37. The van der Waals surface area contributed by atoms with Crippen LogP contribution in [0.25, 0.3) is 11.1 Å². The fraction of sp³-hybridized carbons (Fsp3) is 0.0714. The van der Waals surface area contributed by atoms with Crippen LogP contribution < -0.4 is 5.46 Å². The number of rotatable bonds is 1. The van der Waals surface area contributed by atoms with Crippen LogP contribution in [-0.4, -0.2) is 18.4 Å². The molecule has 0 aromatic heterocycles. The second kappa shape index (κ2) is 4.93. The molecule has 3 nitrogen and oxygen atoms in total. The van der Waals surface area contributed by atoms with Crippen LogP contribution in [0.3, 0.4) is 0 Å². The Morgan fingerprint density at radius 3 is 2.57 bits per heavy atom. The number of alkyl halides is 3. The van der Waals surface area contributed by atoms with Crippen molar-refractivity contribution in [3.05, 3.63) is 53.6 Å². The topological polar surface area (TPSA) is 41.8 Å². The maximum atomic E-state index is 12.7. The Hall–Kier alpha value is -2.28. The summed E-state index contributed by atoms with van der Waals surface area (Å²) in [6, 6.07) is 10.0. The van der Waals surface area contributed by atoms with Gasteiger partial charge in [-0.25, -0.2) is 0 Å². The fourth-order valence-corrected chi connectivity index (χ4v) is 2.17. The average molecular weight is 291 g/mol. The number of nitrogens with zero attached hydrogens (tertiary/aromatic N) is 1. The van der Waals surface area contributed by atoms with Crippen LogP contribution >= 0.6 is 0 Å². The van der Waals surface area contributed by atoms with Gasteiger partial charge in [0.1, 0.15) is 0 Å². The summed E-state index contributed by atoms with van der Waals surface area (Å²) >= 11 is 0. The van der Waals surface area contributed by atoms with Gasteiger partial charge in [0.25, 0.3) is 0 Å². The van der Waals surface area contributed by atoms with E-state index in [-0.39, 0.29) is 0 Å². The third-order valence-electron chi connectivity index (χ3n) is 3.23. The van der Waals surface area contributed by atoms with E-state index in [4.69, 9.17) is 0 Å². The van der Waals surface area contributed by atoms with Gasteiger partial charge >= 0.3 is 13.3 Å². The standard InChI is InChI=1S/C14H9BF3NO2/c16-14(17,18)12-3-1-2-9(7-12)10-4-5-13-11(6-10)8-19-21-15(13)20/h1-8,20H. The van der Waals surface area contributed by atoms with Gasteiger partial charge in [-0.1, -0.05) is 24.3 Å². The third-order valence-corrected chi connectivity index (χ3v) is 3.23. The highest BCUT2D eigenvalue weighted by Crippen LogP contribution is 2.32. The molecule has 0 saturated heterocycles. The van der Waals surface area contributed by atoms with Crippen LogP contribution in [0.5, 0.6) is 0 Å². The van der Waals surface area contributed by atoms with Crippen LogP contribution in [0.2, 0.25) is 0 Å². The van der Waals surface area contributed by atoms with E-state index >= 15 is 0 Å². The number of hydrogen-bond acceptors (Lipinski definition) is 3. The van der Waals surface area contributed by atoms with Crippen molar-refractivity contribution in [3.8, 4) is 11.1 Å². The first-order valence-electron chi connectivity index (χ1n) is 6.14. The predicted molar refractivity (Wildman–Crippen MR) is 73.2 cm³/mol. The first-order chi connectivity index (χ1) is 9.95. The normalized spacial score (nSPS) is 13.8. The van der Waals surface area contributed by atoms with E-state index in [0.29, 0.717) is 22.2 Å². The van der Waals surface area contributed by atoms with Gasteiger partial charge in [0.2, 0.25) is 0 Å². The minimum atomic E-state index is -4.38. The Balaban J connectivity index is 2.04. The molecule has 1 heterocycles. The molecule has 7 heteroatoms. The van der Waals surface area contributed by atoms with Crippen molar-refractivity contribution in [1.82, 2.24) is 0 Å². The molecule has 0 fully saturated rings. The highest BCUT2D eigenvalue weighted by Gasteiger charge is 2.30. The number of fused-ring (bicyclic) bond motifs is 1. The van der Waals surface area contributed by atoms with Crippen molar-refractivity contribution >= 4 is 18.8 Å². The van der Waals surface area contributed by atoms with E-state index in [2.05, 4.69) is 9.91 Å². The van der Waals surface area contributed by atoms with Crippen LogP contribution in [0.1, 0.15) is 11.1 Å². The van der Waals surface area contributed by atoms with E-state index in [9.17, 15) is 18.2 Å². The highest BCUT2D eigenvalue weighted by atomic mass is 19.4. The zero-order valence-electron chi connectivity index (χ0n) is 10.6. The first-order valence-corrected chi connectivity index (χ1v) is 6.14. The first kappa shape index (κ1) is 13.7. The summed E-state index contributed by atoms with van der Waals surface area (Å²) in [5.41, 5.74) is 1.50. The van der Waals surface area contributed by atoms with Crippen LogP contribution in [0, 0.1) is 0 Å². The van der Waals surface area contributed by atoms with Crippen molar-refractivity contribution in [2.75, 3.05) is 0 Å². The number of hydrogen-bond donors (Lipinski definition) is 1. The van der Waals surface area contributed by atoms with Gasteiger partial charge in [0.05, 0.1) is 11.8 Å². The van der Waals surface area contributed by atoms with Gasteiger partial charge in [0.15, 0.2) is 0 Å². The molecule has 0 unspecified atom stereocenters. The maximum Gasteiger partial charge on any atom is 0.583 e. The molecule has 21 heavy (non-hydrogen) atoms. The van der Waals surface area contributed by atoms with Crippen molar-refractivity contribution in [2.45, 2.75) is 6.18 Å². The van der Waals surface area contributed by atoms with Gasteiger partial charge < -0.3 is 9.78 Å². The van der Waals surface area contributed by atoms with Gasteiger partial charge in [-0.3, -0.25) is 0 Å². The smallest absolute Gasteiger partial charge is 0.427 e. The summed E-state index contributed by atoms with van der Waals surface area (Å²) in [7, 11) is -1.15. The van der Waals surface area contributed by atoms with Crippen molar-refractivity contribution < 1.29 is 23.0 Å². The molecule has 0 bridgehead atoms. The predicted octanol–water partition coefficient (Wildman–Crippen LogP) is 2.42. The van der Waals surface area contributed by atoms with E-state index in [0.717, 1.165) is 12.1 Å². The van der Waals surface area contributed by atoms with Gasteiger partial charge in [-0.15, -0.1) is 5.16 Å². The molecule has 0 amide bonds. The van der Waals surface area contributed by atoms with Gasteiger partial charge in [-0.05, 0) is 34.9 Å². The Morgan fingerprint density at radius 1 is 1.05 bits per heavy atom. The number of halogens is 3. The molecule has 0 saturated carbocycles. The monoisotopic (exact) mass is 291 g/mol. The van der Waals surface area contributed by atoms with Gasteiger partial charge in [0, 0.05) is 5.46 Å². The molecular weight excluding hydrogens is 282 g/mol. The fourth-order valence-electron chi connectivity index (χ4n) is 2.17. The third kappa shape index (κ3) is 2.64. The summed E-state index contributed by atoms with van der Waals surface area (Å²) in [4.78, 5) is 0. The van der Waals surface area contributed by atoms with E-state index in [1.54, 1.807) is 24.3 Å². The molecule has 0 radical (unpaired) electrons. The molecule has 106 valence electrons. The largest absolute Gasteiger partial charge is 0.583 e.